The Bertz CT molecular complexity index is 681. The van der Waals surface area contributed by atoms with Crippen LogP contribution in [0, 0.1) is 0 Å². The Labute approximate surface area is 129 Å². The van der Waals surface area contributed by atoms with E-state index < -0.39 is 0 Å². The molecule has 1 N–H and O–H groups in total. The monoisotopic (exact) mass is 300 g/mol. The molecule has 0 aliphatic carbocycles. The molecule has 0 unspecified atom stereocenters. The molecular formula is C16H20N4O2. The minimum Gasteiger partial charge on any atom is -0.492 e. The van der Waals surface area contributed by atoms with E-state index in [1.807, 2.05) is 42.8 Å². The van der Waals surface area contributed by atoms with Gasteiger partial charge in [0.05, 0.1) is 36.6 Å². The number of fused-ring (bicyclic) bond motifs is 1. The van der Waals surface area contributed by atoms with Crippen LogP contribution in [0.25, 0.3) is 0 Å². The summed E-state index contributed by atoms with van der Waals surface area (Å²) in [6.45, 7) is 3.74. The van der Waals surface area contributed by atoms with Gasteiger partial charge in [0, 0.05) is 20.0 Å². The quantitative estimate of drug-likeness (QED) is 0.947. The van der Waals surface area contributed by atoms with E-state index in [1.54, 1.807) is 11.2 Å². The number of imidazole rings is 1. The molecule has 2 amide bonds. The number of para-hydroxylation sites is 2. The third-order valence-electron chi connectivity index (χ3n) is 3.82. The summed E-state index contributed by atoms with van der Waals surface area (Å²) in [7, 11) is 1.96. The highest BCUT2D eigenvalue weighted by atomic mass is 16.5. The van der Waals surface area contributed by atoms with Crippen molar-refractivity contribution in [2.24, 2.45) is 7.05 Å². The molecule has 116 valence electrons. The second-order valence-corrected chi connectivity index (χ2v) is 5.28. The van der Waals surface area contributed by atoms with Crippen molar-refractivity contribution in [1.82, 2.24) is 14.5 Å². The van der Waals surface area contributed by atoms with Gasteiger partial charge in [0.1, 0.15) is 5.75 Å². The molecule has 0 saturated carbocycles. The maximum absolute atomic E-state index is 12.5. The van der Waals surface area contributed by atoms with Crippen molar-refractivity contribution >= 4 is 11.7 Å². The van der Waals surface area contributed by atoms with Crippen LogP contribution in [0.5, 0.6) is 5.75 Å². The van der Waals surface area contributed by atoms with Gasteiger partial charge < -0.3 is 19.5 Å². The van der Waals surface area contributed by atoms with Crippen LogP contribution in [0.15, 0.2) is 30.6 Å². The SMILES string of the molecule is CCOc1ccccc1NC(=O)N1CCc2ncn(C)c2C1. The zero-order chi connectivity index (χ0) is 15.5. The number of carbonyl (C=O) groups is 1. The van der Waals surface area contributed by atoms with Crippen LogP contribution in [0.2, 0.25) is 0 Å². The van der Waals surface area contributed by atoms with E-state index in [2.05, 4.69) is 10.3 Å². The molecule has 0 fully saturated rings. The number of anilines is 1. The number of carbonyl (C=O) groups excluding carboxylic acids is 1. The number of rotatable bonds is 3. The molecule has 1 aromatic carbocycles. The van der Waals surface area contributed by atoms with Crippen LogP contribution in [0.1, 0.15) is 18.3 Å². The molecule has 0 radical (unpaired) electrons. The predicted octanol–water partition coefficient (Wildman–Crippen LogP) is 2.41. The lowest BCUT2D eigenvalue weighted by Crippen LogP contribution is -2.39. The van der Waals surface area contributed by atoms with Gasteiger partial charge >= 0.3 is 6.03 Å². The van der Waals surface area contributed by atoms with Crippen molar-refractivity contribution in [3.8, 4) is 5.75 Å². The summed E-state index contributed by atoms with van der Waals surface area (Å²) >= 11 is 0. The van der Waals surface area contributed by atoms with Crippen LogP contribution in [-0.2, 0) is 20.0 Å². The second kappa shape index (κ2) is 6.09. The lowest BCUT2D eigenvalue weighted by atomic mass is 10.1. The summed E-state index contributed by atoms with van der Waals surface area (Å²) in [5, 5.41) is 2.94. The van der Waals surface area contributed by atoms with E-state index in [0.717, 1.165) is 17.8 Å². The first-order valence-electron chi connectivity index (χ1n) is 7.46. The number of hydrogen-bond donors (Lipinski definition) is 1. The fourth-order valence-corrected chi connectivity index (χ4v) is 2.64. The minimum atomic E-state index is -0.112. The van der Waals surface area contributed by atoms with Gasteiger partial charge in [-0.1, -0.05) is 12.1 Å². The molecule has 3 rings (SSSR count). The van der Waals surface area contributed by atoms with Gasteiger partial charge in [-0.15, -0.1) is 0 Å². The highest BCUT2D eigenvalue weighted by Crippen LogP contribution is 2.25. The Hall–Kier alpha value is -2.50. The first-order valence-corrected chi connectivity index (χ1v) is 7.46. The molecule has 1 aliphatic heterocycles. The van der Waals surface area contributed by atoms with E-state index in [-0.39, 0.29) is 6.03 Å². The van der Waals surface area contributed by atoms with Crippen LogP contribution >= 0.6 is 0 Å². The lowest BCUT2D eigenvalue weighted by Gasteiger charge is -2.27. The number of aryl methyl sites for hydroxylation is 1. The number of ether oxygens (including phenoxy) is 1. The Kier molecular flexibility index (Phi) is 4.00. The summed E-state index contributed by atoms with van der Waals surface area (Å²) in [5.41, 5.74) is 2.88. The van der Waals surface area contributed by atoms with Gasteiger partial charge in [-0.3, -0.25) is 0 Å². The van der Waals surface area contributed by atoms with E-state index in [4.69, 9.17) is 4.74 Å². The smallest absolute Gasteiger partial charge is 0.322 e. The summed E-state index contributed by atoms with van der Waals surface area (Å²) in [5.74, 6) is 0.691. The highest BCUT2D eigenvalue weighted by Gasteiger charge is 2.24. The van der Waals surface area contributed by atoms with Crippen molar-refractivity contribution in [3.05, 3.63) is 42.0 Å². The standard InChI is InChI=1S/C16H20N4O2/c1-3-22-15-7-5-4-6-13(15)18-16(21)20-9-8-12-14(10-20)19(2)11-17-12/h4-7,11H,3,8-10H2,1-2H3,(H,18,21). The zero-order valence-corrected chi connectivity index (χ0v) is 12.9. The Morgan fingerprint density at radius 1 is 1.41 bits per heavy atom. The molecular weight excluding hydrogens is 280 g/mol. The number of hydrogen-bond acceptors (Lipinski definition) is 3. The first-order chi connectivity index (χ1) is 10.7. The number of nitrogens with one attached hydrogen (secondary N) is 1. The summed E-state index contributed by atoms with van der Waals surface area (Å²) in [4.78, 5) is 18.7. The second-order valence-electron chi connectivity index (χ2n) is 5.28. The third kappa shape index (κ3) is 2.77. The third-order valence-corrected chi connectivity index (χ3v) is 3.82. The van der Waals surface area contributed by atoms with Gasteiger partial charge in [0.25, 0.3) is 0 Å². The van der Waals surface area contributed by atoms with Gasteiger partial charge in [-0.25, -0.2) is 9.78 Å². The number of nitrogens with zero attached hydrogens (tertiary/aromatic N) is 3. The molecule has 0 spiro atoms. The van der Waals surface area contributed by atoms with Crippen LogP contribution in [0.3, 0.4) is 0 Å². The Morgan fingerprint density at radius 2 is 2.23 bits per heavy atom. The van der Waals surface area contributed by atoms with Crippen LogP contribution < -0.4 is 10.1 Å². The number of benzene rings is 1. The summed E-state index contributed by atoms with van der Waals surface area (Å²) < 4.78 is 7.52. The van der Waals surface area contributed by atoms with E-state index >= 15 is 0 Å². The summed E-state index contributed by atoms with van der Waals surface area (Å²) in [6, 6.07) is 7.37. The fraction of sp³-hybridized carbons (Fsp3) is 0.375. The molecule has 2 aromatic rings. The van der Waals surface area contributed by atoms with Crippen LogP contribution in [-0.4, -0.2) is 33.6 Å². The number of urea groups is 1. The molecule has 1 aromatic heterocycles. The van der Waals surface area contributed by atoms with Gasteiger partial charge in [-0.05, 0) is 19.1 Å². The number of amides is 2. The molecule has 22 heavy (non-hydrogen) atoms. The molecule has 0 saturated heterocycles. The zero-order valence-electron chi connectivity index (χ0n) is 12.9. The maximum atomic E-state index is 12.5. The normalized spacial score (nSPS) is 13.6. The molecule has 6 heteroatoms. The van der Waals surface area contributed by atoms with Crippen LogP contribution in [0.4, 0.5) is 10.5 Å². The van der Waals surface area contributed by atoms with Crippen molar-refractivity contribution < 1.29 is 9.53 Å². The molecule has 2 heterocycles. The fourth-order valence-electron chi connectivity index (χ4n) is 2.64. The topological polar surface area (TPSA) is 59.4 Å². The van der Waals surface area contributed by atoms with Crippen molar-refractivity contribution in [1.29, 1.82) is 0 Å². The van der Waals surface area contributed by atoms with Crippen molar-refractivity contribution in [3.63, 3.8) is 0 Å². The van der Waals surface area contributed by atoms with E-state index in [0.29, 0.717) is 31.1 Å². The summed E-state index contributed by atoms with van der Waals surface area (Å²) in [6.07, 6.45) is 2.59. The molecule has 6 nitrogen and oxygen atoms in total. The Morgan fingerprint density at radius 3 is 3.05 bits per heavy atom. The average molecular weight is 300 g/mol. The van der Waals surface area contributed by atoms with Gasteiger partial charge in [0.15, 0.2) is 0 Å². The van der Waals surface area contributed by atoms with Gasteiger partial charge in [0.2, 0.25) is 0 Å². The molecule has 0 bridgehead atoms. The highest BCUT2D eigenvalue weighted by molar-refractivity contribution is 5.91. The van der Waals surface area contributed by atoms with E-state index in [9.17, 15) is 4.79 Å². The predicted molar refractivity (Wildman–Crippen MR) is 84.0 cm³/mol. The maximum Gasteiger partial charge on any atom is 0.322 e. The Balaban J connectivity index is 1.72. The number of aromatic nitrogens is 2. The van der Waals surface area contributed by atoms with Crippen molar-refractivity contribution in [2.45, 2.75) is 19.9 Å². The lowest BCUT2D eigenvalue weighted by molar-refractivity contribution is 0.204. The molecule has 1 aliphatic rings. The van der Waals surface area contributed by atoms with Crippen molar-refractivity contribution in [2.75, 3.05) is 18.5 Å². The molecule has 0 atom stereocenters. The average Bonchev–Trinajstić information content (AvgIpc) is 2.90. The minimum absolute atomic E-state index is 0.112. The van der Waals surface area contributed by atoms with E-state index in [1.165, 1.54) is 0 Å². The first kappa shape index (κ1) is 14.4. The van der Waals surface area contributed by atoms with Gasteiger partial charge in [-0.2, -0.15) is 0 Å². The largest absolute Gasteiger partial charge is 0.492 e.